The van der Waals surface area contributed by atoms with Gasteiger partial charge in [-0.25, -0.2) is 0 Å². The normalized spacial score (nSPS) is 18.3. The van der Waals surface area contributed by atoms with E-state index in [2.05, 4.69) is 6.92 Å². The molecule has 1 rings (SSSR count). The Labute approximate surface area is 65.5 Å². The lowest BCUT2D eigenvalue weighted by atomic mass is 9.91. The van der Waals surface area contributed by atoms with Gasteiger partial charge in [-0.05, 0) is 5.92 Å². The highest BCUT2D eigenvalue weighted by Gasteiger charge is 2.05. The van der Waals surface area contributed by atoms with Crippen molar-refractivity contribution in [3.8, 4) is 0 Å². The lowest BCUT2D eigenvalue weighted by Gasteiger charge is -2.15. The van der Waals surface area contributed by atoms with E-state index in [-0.39, 0.29) is 7.43 Å². The average molecular weight is 146 g/mol. The topological polar surface area (TPSA) is 20.2 Å². The summed E-state index contributed by atoms with van der Waals surface area (Å²) < 4.78 is 0. The Bertz CT molecular complexity index is 46.7. The minimum Gasteiger partial charge on any atom is -0.400 e. The van der Waals surface area contributed by atoms with Gasteiger partial charge in [0.25, 0.3) is 0 Å². The zero-order chi connectivity index (χ0) is 7.11. The fourth-order valence-corrected chi connectivity index (χ4v) is 1.31. The van der Waals surface area contributed by atoms with Crippen LogP contribution in [-0.4, -0.2) is 12.2 Å². The van der Waals surface area contributed by atoms with Gasteiger partial charge in [-0.1, -0.05) is 46.5 Å². The van der Waals surface area contributed by atoms with Crippen molar-refractivity contribution in [2.45, 2.75) is 46.5 Å². The molecule has 0 radical (unpaired) electrons. The van der Waals surface area contributed by atoms with E-state index in [1.165, 1.54) is 32.1 Å². The van der Waals surface area contributed by atoms with Crippen LogP contribution in [0.15, 0.2) is 0 Å². The van der Waals surface area contributed by atoms with Crippen molar-refractivity contribution in [2.24, 2.45) is 5.92 Å². The van der Waals surface area contributed by atoms with Gasteiger partial charge in [0.05, 0.1) is 0 Å². The van der Waals surface area contributed by atoms with E-state index in [1.54, 1.807) is 0 Å². The summed E-state index contributed by atoms with van der Waals surface area (Å²) in [6, 6.07) is 0. The first-order valence-electron chi connectivity index (χ1n) is 3.84. The molecule has 0 bridgehead atoms. The maximum atomic E-state index is 7.00. The van der Waals surface area contributed by atoms with Crippen LogP contribution >= 0.6 is 0 Å². The summed E-state index contributed by atoms with van der Waals surface area (Å²) in [5.74, 6) is 1.04. The summed E-state index contributed by atoms with van der Waals surface area (Å²) in [4.78, 5) is 0. The van der Waals surface area contributed by atoms with Gasteiger partial charge in [-0.2, -0.15) is 0 Å². The van der Waals surface area contributed by atoms with Gasteiger partial charge in [0.2, 0.25) is 0 Å². The smallest absolute Gasteiger partial charge is 0.0319 e. The van der Waals surface area contributed by atoms with E-state index in [0.717, 1.165) is 13.0 Å². The van der Waals surface area contributed by atoms with Crippen molar-refractivity contribution in [3.63, 3.8) is 0 Å². The third-order valence-electron chi connectivity index (χ3n) is 1.89. The molecule has 0 atom stereocenters. The number of aliphatic hydroxyl groups excluding tert-OH is 1. The maximum Gasteiger partial charge on any atom is 0.0319 e. The zero-order valence-corrected chi connectivity index (χ0v) is 6.56. The van der Waals surface area contributed by atoms with Crippen LogP contribution in [0.25, 0.3) is 0 Å². The molecule has 0 amide bonds. The van der Waals surface area contributed by atoms with E-state index in [1.807, 2.05) is 0 Å². The second kappa shape index (κ2) is 8.96. The predicted molar refractivity (Wildman–Crippen MR) is 47.1 cm³/mol. The second-order valence-corrected chi connectivity index (χ2v) is 2.74. The molecule has 0 aromatic carbocycles. The standard InChI is InChI=1S/C7H14.CH4O.CH4/c1-7-5-3-2-4-6-7;1-2;/h7H,2-6H2,1H3;2H,1H3;1H4. The molecule has 1 heteroatoms. The first-order valence-corrected chi connectivity index (χ1v) is 3.84. The van der Waals surface area contributed by atoms with Crippen molar-refractivity contribution in [2.75, 3.05) is 7.11 Å². The highest BCUT2D eigenvalue weighted by molar-refractivity contribution is 4.59. The van der Waals surface area contributed by atoms with Crippen LogP contribution in [0.5, 0.6) is 0 Å². The third-order valence-corrected chi connectivity index (χ3v) is 1.89. The molecule has 0 heterocycles. The molecular formula is C9H22O. The third kappa shape index (κ3) is 6.09. The zero-order valence-electron chi connectivity index (χ0n) is 6.56. The van der Waals surface area contributed by atoms with Crippen molar-refractivity contribution < 1.29 is 5.11 Å². The largest absolute Gasteiger partial charge is 0.400 e. The summed E-state index contributed by atoms with van der Waals surface area (Å²) in [5.41, 5.74) is 0. The molecular weight excluding hydrogens is 124 g/mol. The molecule has 0 aromatic heterocycles. The Morgan fingerprint density at radius 3 is 1.60 bits per heavy atom. The monoisotopic (exact) mass is 146 g/mol. The van der Waals surface area contributed by atoms with E-state index in [0.29, 0.717) is 0 Å². The molecule has 1 nitrogen and oxygen atoms in total. The van der Waals surface area contributed by atoms with Gasteiger partial charge in [0.15, 0.2) is 0 Å². The SMILES string of the molecule is C.CC1CCCCC1.CO. The minimum atomic E-state index is 0. The Balaban J connectivity index is 0. The van der Waals surface area contributed by atoms with Crippen molar-refractivity contribution in [1.29, 1.82) is 0 Å². The maximum absolute atomic E-state index is 7.00. The van der Waals surface area contributed by atoms with Crippen LogP contribution in [0, 0.1) is 5.92 Å². The van der Waals surface area contributed by atoms with Crippen LogP contribution in [0.2, 0.25) is 0 Å². The molecule has 64 valence electrons. The molecule has 10 heavy (non-hydrogen) atoms. The summed E-state index contributed by atoms with van der Waals surface area (Å²) in [6.45, 7) is 2.36. The average Bonchev–Trinajstić information content (AvgIpc) is 1.94. The van der Waals surface area contributed by atoms with Crippen molar-refractivity contribution in [3.05, 3.63) is 0 Å². The van der Waals surface area contributed by atoms with Crippen LogP contribution in [0.4, 0.5) is 0 Å². The molecule has 0 unspecified atom stereocenters. The number of rotatable bonds is 0. The second-order valence-electron chi connectivity index (χ2n) is 2.74. The van der Waals surface area contributed by atoms with Crippen molar-refractivity contribution >= 4 is 0 Å². The van der Waals surface area contributed by atoms with Gasteiger partial charge >= 0.3 is 0 Å². The van der Waals surface area contributed by atoms with E-state index in [4.69, 9.17) is 5.11 Å². The molecule has 1 fully saturated rings. The fraction of sp³-hybridized carbons (Fsp3) is 1.00. The van der Waals surface area contributed by atoms with Crippen molar-refractivity contribution in [1.82, 2.24) is 0 Å². The Hall–Kier alpha value is -0.0400. The van der Waals surface area contributed by atoms with Gasteiger partial charge in [0, 0.05) is 7.11 Å². The van der Waals surface area contributed by atoms with Gasteiger partial charge in [0.1, 0.15) is 0 Å². The first-order chi connectivity index (χ1) is 4.39. The summed E-state index contributed by atoms with van der Waals surface area (Å²) in [7, 11) is 1.00. The van der Waals surface area contributed by atoms with Gasteiger partial charge in [-0.15, -0.1) is 0 Å². The number of hydrogen-bond donors (Lipinski definition) is 1. The summed E-state index contributed by atoms with van der Waals surface area (Å²) >= 11 is 0. The van der Waals surface area contributed by atoms with Crippen LogP contribution in [0.3, 0.4) is 0 Å². The van der Waals surface area contributed by atoms with E-state index >= 15 is 0 Å². The highest BCUT2D eigenvalue weighted by atomic mass is 16.2. The quantitative estimate of drug-likeness (QED) is 0.557. The van der Waals surface area contributed by atoms with Gasteiger partial charge < -0.3 is 5.11 Å². The lowest BCUT2D eigenvalue weighted by Crippen LogP contribution is -1.99. The van der Waals surface area contributed by atoms with E-state index in [9.17, 15) is 0 Å². The molecule has 1 aliphatic carbocycles. The highest BCUT2D eigenvalue weighted by Crippen LogP contribution is 2.21. The van der Waals surface area contributed by atoms with Crippen LogP contribution in [0.1, 0.15) is 46.5 Å². The Morgan fingerprint density at radius 2 is 1.40 bits per heavy atom. The lowest BCUT2D eigenvalue weighted by molar-refractivity contribution is 0.385. The van der Waals surface area contributed by atoms with Crippen LogP contribution < -0.4 is 0 Å². The molecule has 0 spiro atoms. The number of aliphatic hydroxyl groups is 1. The molecule has 0 aromatic rings. The van der Waals surface area contributed by atoms with Gasteiger partial charge in [-0.3, -0.25) is 0 Å². The minimum absolute atomic E-state index is 0. The van der Waals surface area contributed by atoms with E-state index < -0.39 is 0 Å². The fourth-order valence-electron chi connectivity index (χ4n) is 1.31. The summed E-state index contributed by atoms with van der Waals surface area (Å²) in [5, 5.41) is 7.00. The molecule has 0 saturated heterocycles. The van der Waals surface area contributed by atoms with Crippen LogP contribution in [-0.2, 0) is 0 Å². The molecule has 1 N–H and O–H groups in total. The molecule has 1 saturated carbocycles. The Morgan fingerprint density at radius 1 is 1.00 bits per heavy atom. The summed E-state index contributed by atoms with van der Waals surface area (Å²) in [6.07, 6.45) is 7.44. The first kappa shape index (κ1) is 12.6. The molecule has 1 aliphatic rings. The number of hydrogen-bond acceptors (Lipinski definition) is 1. The Kier molecular flexibility index (Phi) is 11.3. The predicted octanol–water partition coefficient (Wildman–Crippen LogP) is 2.83. The molecule has 0 aliphatic heterocycles.